The number of hydrogen-bond donors (Lipinski definition) is 2. The minimum absolute atomic E-state index is 0.149. The summed E-state index contributed by atoms with van der Waals surface area (Å²) in [5.41, 5.74) is 0. The van der Waals surface area contributed by atoms with Gasteiger partial charge in [0.15, 0.2) is 6.10 Å². The van der Waals surface area contributed by atoms with Crippen LogP contribution in [0.5, 0.6) is 0 Å². The minimum atomic E-state index is -4.77. The molecule has 0 unspecified atom stereocenters. The lowest BCUT2D eigenvalue weighted by atomic mass is 10.1. The Kier molecular flexibility index (Phi) is 32.1. The fraction of sp³-hybridized carbons (Fsp3) is 0.590. The van der Waals surface area contributed by atoms with E-state index in [9.17, 15) is 14.2 Å². The zero-order valence-electron chi connectivity index (χ0n) is 29.6. The van der Waals surface area contributed by atoms with Gasteiger partial charge in [0.1, 0.15) is 6.61 Å². The van der Waals surface area contributed by atoms with Gasteiger partial charge in [-0.05, 0) is 89.9 Å². The maximum atomic E-state index is 12.3. The Morgan fingerprint density at radius 2 is 0.979 bits per heavy atom. The van der Waals surface area contributed by atoms with Crippen LogP contribution in [0.15, 0.2) is 85.1 Å². The van der Waals surface area contributed by atoms with Crippen molar-refractivity contribution in [3.8, 4) is 0 Å². The fourth-order valence-electron chi connectivity index (χ4n) is 4.25. The fourth-order valence-corrected chi connectivity index (χ4v) is 4.61. The quantitative estimate of drug-likeness (QED) is 0.0319. The van der Waals surface area contributed by atoms with Crippen molar-refractivity contribution in [1.29, 1.82) is 0 Å². The maximum Gasteiger partial charge on any atom is 0.469 e. The Balaban J connectivity index is 4.17. The van der Waals surface area contributed by atoms with E-state index in [1.807, 2.05) is 0 Å². The van der Waals surface area contributed by atoms with Crippen LogP contribution >= 0.6 is 7.82 Å². The predicted molar refractivity (Wildman–Crippen MR) is 197 cm³/mol. The molecule has 0 amide bonds. The van der Waals surface area contributed by atoms with Crippen molar-refractivity contribution >= 4 is 19.8 Å². The first kappa shape index (κ1) is 45.2. The van der Waals surface area contributed by atoms with E-state index in [0.717, 1.165) is 70.6 Å². The van der Waals surface area contributed by atoms with Crippen LogP contribution in [-0.4, -0.2) is 41.0 Å². The third kappa shape index (κ3) is 36.1. The average molecular weight is 691 g/mol. The van der Waals surface area contributed by atoms with Crippen molar-refractivity contribution in [1.82, 2.24) is 0 Å². The lowest BCUT2D eigenvalue weighted by Gasteiger charge is -2.18. The summed E-state index contributed by atoms with van der Waals surface area (Å²) in [5.74, 6) is -0.990. The van der Waals surface area contributed by atoms with Crippen molar-refractivity contribution in [3.05, 3.63) is 85.1 Å². The third-order valence-corrected chi connectivity index (χ3v) is 7.38. The molecule has 0 fully saturated rings. The van der Waals surface area contributed by atoms with E-state index in [1.54, 1.807) is 0 Å². The van der Waals surface area contributed by atoms with Crippen LogP contribution in [-0.2, 0) is 28.2 Å². The Morgan fingerprint density at radius 1 is 0.562 bits per heavy atom. The monoisotopic (exact) mass is 690 g/mol. The molecule has 0 saturated heterocycles. The summed E-state index contributed by atoms with van der Waals surface area (Å²) in [6.07, 6.45) is 44.5. The van der Waals surface area contributed by atoms with Gasteiger partial charge in [-0.2, -0.15) is 0 Å². The standard InChI is InChI=1S/C39H63O8P/c1-3-5-7-9-11-13-15-17-19-21-23-25-27-29-31-33-38(40)45-35-37(36-46-48(42,43)44)47-39(41)34-32-30-28-26-24-22-20-18-16-14-12-10-8-6-4-2/h5,7,11-14,17-20,23-26,37H,3-4,6,8-10,15-16,21-22,27-36H2,1-2H3,(H2,42,43,44)/b7-5+,13-11+,14-12+,19-17+,20-18+,25-23+,26-24+/t37-/m1/s1. The number of allylic oxidation sites excluding steroid dienone is 14. The van der Waals surface area contributed by atoms with Gasteiger partial charge in [-0.3, -0.25) is 14.1 Å². The zero-order valence-corrected chi connectivity index (χ0v) is 30.5. The van der Waals surface area contributed by atoms with Crippen molar-refractivity contribution in [2.75, 3.05) is 13.2 Å². The van der Waals surface area contributed by atoms with Crippen LogP contribution in [0.2, 0.25) is 0 Å². The Bertz CT molecular complexity index is 1050. The van der Waals surface area contributed by atoms with E-state index in [-0.39, 0.29) is 19.4 Å². The summed E-state index contributed by atoms with van der Waals surface area (Å²) in [4.78, 5) is 42.6. The molecule has 0 aromatic heterocycles. The molecule has 0 radical (unpaired) electrons. The van der Waals surface area contributed by atoms with E-state index in [1.165, 1.54) is 19.3 Å². The van der Waals surface area contributed by atoms with Crippen molar-refractivity contribution in [3.63, 3.8) is 0 Å². The molecule has 0 aliphatic heterocycles. The maximum absolute atomic E-state index is 12.3. The molecule has 48 heavy (non-hydrogen) atoms. The molecule has 8 nitrogen and oxygen atoms in total. The highest BCUT2D eigenvalue weighted by Crippen LogP contribution is 2.35. The molecule has 0 saturated carbocycles. The van der Waals surface area contributed by atoms with Crippen molar-refractivity contribution < 1.29 is 37.9 Å². The SMILES string of the molecule is CC/C=C/C/C=C/C/C=C/C/C=C/CCCCC(=O)OC[C@H](COP(=O)(O)O)OC(=O)CCCC/C=C/C/C=C/C/C=C/CCCCC. The van der Waals surface area contributed by atoms with Gasteiger partial charge in [0, 0.05) is 12.8 Å². The number of esters is 2. The summed E-state index contributed by atoms with van der Waals surface area (Å²) in [7, 11) is -4.77. The summed E-state index contributed by atoms with van der Waals surface area (Å²) in [6.45, 7) is 3.44. The van der Waals surface area contributed by atoms with E-state index in [4.69, 9.17) is 19.3 Å². The van der Waals surface area contributed by atoms with Gasteiger partial charge in [-0.15, -0.1) is 0 Å². The van der Waals surface area contributed by atoms with Crippen LogP contribution in [0.3, 0.4) is 0 Å². The Morgan fingerprint density at radius 3 is 1.42 bits per heavy atom. The summed E-state index contributed by atoms with van der Waals surface area (Å²) >= 11 is 0. The number of phosphoric acid groups is 1. The number of rotatable bonds is 31. The van der Waals surface area contributed by atoms with Gasteiger partial charge in [-0.25, -0.2) is 4.57 Å². The molecule has 0 aliphatic rings. The van der Waals surface area contributed by atoms with E-state index >= 15 is 0 Å². The summed E-state index contributed by atoms with van der Waals surface area (Å²) < 4.78 is 26.2. The lowest BCUT2D eigenvalue weighted by molar-refractivity contribution is -0.161. The summed E-state index contributed by atoms with van der Waals surface area (Å²) in [6, 6.07) is 0. The van der Waals surface area contributed by atoms with Gasteiger partial charge < -0.3 is 19.3 Å². The van der Waals surface area contributed by atoms with Gasteiger partial charge in [0.25, 0.3) is 0 Å². The Labute approximate surface area is 291 Å². The van der Waals surface area contributed by atoms with E-state index < -0.39 is 32.5 Å². The first-order valence-corrected chi connectivity index (χ1v) is 19.4. The molecule has 272 valence electrons. The Hall–Kier alpha value is -2.77. The number of ether oxygens (including phenoxy) is 2. The first-order chi connectivity index (χ1) is 23.3. The second-order valence-electron chi connectivity index (χ2n) is 11.5. The largest absolute Gasteiger partial charge is 0.469 e. The van der Waals surface area contributed by atoms with Gasteiger partial charge in [-0.1, -0.05) is 112 Å². The highest BCUT2D eigenvalue weighted by molar-refractivity contribution is 7.46. The second kappa shape index (κ2) is 34.1. The number of phosphoric ester groups is 1. The van der Waals surface area contributed by atoms with Gasteiger partial charge >= 0.3 is 19.8 Å². The van der Waals surface area contributed by atoms with Crippen molar-refractivity contribution in [2.45, 2.75) is 136 Å². The van der Waals surface area contributed by atoms with Crippen LogP contribution < -0.4 is 0 Å². The highest BCUT2D eigenvalue weighted by Gasteiger charge is 2.22. The van der Waals surface area contributed by atoms with Crippen LogP contribution in [0, 0.1) is 0 Å². The number of hydrogen-bond acceptors (Lipinski definition) is 6. The highest BCUT2D eigenvalue weighted by atomic mass is 31.2. The molecule has 0 aromatic rings. The van der Waals surface area contributed by atoms with Crippen LogP contribution in [0.4, 0.5) is 0 Å². The van der Waals surface area contributed by atoms with E-state index in [2.05, 4.69) is 103 Å². The van der Waals surface area contributed by atoms with Gasteiger partial charge in [0.05, 0.1) is 6.61 Å². The molecule has 2 N–H and O–H groups in total. The molecule has 0 spiro atoms. The molecule has 0 rings (SSSR count). The zero-order chi connectivity index (χ0) is 35.4. The molecule has 9 heteroatoms. The molecular weight excluding hydrogens is 627 g/mol. The molecule has 0 bridgehead atoms. The van der Waals surface area contributed by atoms with Crippen LogP contribution in [0.1, 0.15) is 129 Å². The number of unbranched alkanes of at least 4 members (excludes halogenated alkanes) is 7. The molecule has 0 aromatic carbocycles. The van der Waals surface area contributed by atoms with Crippen molar-refractivity contribution in [2.24, 2.45) is 0 Å². The average Bonchev–Trinajstić information content (AvgIpc) is 3.05. The topological polar surface area (TPSA) is 119 Å². The minimum Gasteiger partial charge on any atom is -0.462 e. The smallest absolute Gasteiger partial charge is 0.462 e. The number of carbonyl (C=O) groups is 2. The molecular formula is C39H63O8P. The third-order valence-electron chi connectivity index (χ3n) is 6.90. The van der Waals surface area contributed by atoms with Gasteiger partial charge in [0.2, 0.25) is 0 Å². The molecule has 1 atom stereocenters. The van der Waals surface area contributed by atoms with Crippen LogP contribution in [0.25, 0.3) is 0 Å². The first-order valence-electron chi connectivity index (χ1n) is 17.9. The molecule has 0 aliphatic carbocycles. The second-order valence-corrected chi connectivity index (χ2v) is 12.7. The summed E-state index contributed by atoms with van der Waals surface area (Å²) in [5, 5.41) is 0. The number of carbonyl (C=O) groups excluding carboxylic acids is 2. The normalized spacial score (nSPS) is 13.5. The lowest BCUT2D eigenvalue weighted by Crippen LogP contribution is -2.29. The molecule has 0 heterocycles. The predicted octanol–water partition coefficient (Wildman–Crippen LogP) is 10.5. The van der Waals surface area contributed by atoms with E-state index in [0.29, 0.717) is 12.8 Å².